The SMILES string of the molecule is CC(C)(C)NCc1ccc(-c2ccc(F)c(Cl)c2)o1.Cl. The lowest BCUT2D eigenvalue weighted by atomic mass is 10.1. The Hall–Kier alpha value is -1.03. The minimum atomic E-state index is -0.424. The van der Waals surface area contributed by atoms with E-state index in [0.717, 1.165) is 11.3 Å². The number of nitrogens with one attached hydrogen (secondary N) is 1. The highest BCUT2D eigenvalue weighted by atomic mass is 35.5. The fourth-order valence-corrected chi connectivity index (χ4v) is 1.81. The van der Waals surface area contributed by atoms with Gasteiger partial charge in [0.25, 0.3) is 0 Å². The summed E-state index contributed by atoms with van der Waals surface area (Å²) in [5.74, 6) is 1.10. The minimum Gasteiger partial charge on any atom is -0.460 e. The highest BCUT2D eigenvalue weighted by Crippen LogP contribution is 2.26. The summed E-state index contributed by atoms with van der Waals surface area (Å²) >= 11 is 5.76. The van der Waals surface area contributed by atoms with Crippen molar-refractivity contribution in [2.24, 2.45) is 0 Å². The van der Waals surface area contributed by atoms with Gasteiger partial charge in [-0.2, -0.15) is 0 Å². The molecule has 1 aromatic carbocycles. The second kappa shape index (κ2) is 6.61. The Labute approximate surface area is 129 Å². The number of furan rings is 1. The largest absolute Gasteiger partial charge is 0.460 e. The number of rotatable bonds is 3. The van der Waals surface area contributed by atoms with Crippen LogP contribution in [0.15, 0.2) is 34.7 Å². The van der Waals surface area contributed by atoms with Crippen molar-refractivity contribution in [3.05, 3.63) is 46.9 Å². The van der Waals surface area contributed by atoms with E-state index in [0.29, 0.717) is 12.3 Å². The molecule has 2 aromatic rings. The highest BCUT2D eigenvalue weighted by molar-refractivity contribution is 6.31. The molecule has 0 aliphatic carbocycles. The molecule has 0 amide bonds. The summed E-state index contributed by atoms with van der Waals surface area (Å²) in [6.07, 6.45) is 0. The van der Waals surface area contributed by atoms with Gasteiger partial charge in [-0.05, 0) is 51.1 Å². The first kappa shape index (κ1) is 17.0. The van der Waals surface area contributed by atoms with Crippen LogP contribution in [0.25, 0.3) is 11.3 Å². The van der Waals surface area contributed by atoms with E-state index in [1.54, 1.807) is 12.1 Å². The van der Waals surface area contributed by atoms with Crippen LogP contribution in [-0.2, 0) is 6.54 Å². The second-order valence-electron chi connectivity index (χ2n) is 5.50. The van der Waals surface area contributed by atoms with Gasteiger partial charge in [0.15, 0.2) is 0 Å². The lowest BCUT2D eigenvalue weighted by Gasteiger charge is -2.19. The summed E-state index contributed by atoms with van der Waals surface area (Å²) in [7, 11) is 0. The van der Waals surface area contributed by atoms with E-state index < -0.39 is 5.82 Å². The lowest BCUT2D eigenvalue weighted by molar-refractivity contribution is 0.391. The Morgan fingerprint density at radius 1 is 1.20 bits per heavy atom. The molecule has 0 unspecified atom stereocenters. The molecule has 110 valence electrons. The monoisotopic (exact) mass is 317 g/mol. The van der Waals surface area contributed by atoms with Gasteiger partial charge in [0.1, 0.15) is 17.3 Å². The van der Waals surface area contributed by atoms with Gasteiger partial charge in [-0.3, -0.25) is 0 Å². The normalized spacial score (nSPS) is 11.2. The van der Waals surface area contributed by atoms with Crippen LogP contribution in [-0.4, -0.2) is 5.54 Å². The zero-order valence-corrected chi connectivity index (χ0v) is 13.2. The van der Waals surface area contributed by atoms with Crippen LogP contribution in [0, 0.1) is 5.82 Å². The maximum Gasteiger partial charge on any atom is 0.141 e. The van der Waals surface area contributed by atoms with Crippen molar-refractivity contribution < 1.29 is 8.81 Å². The van der Waals surface area contributed by atoms with Crippen LogP contribution in [0.1, 0.15) is 26.5 Å². The van der Waals surface area contributed by atoms with Gasteiger partial charge < -0.3 is 9.73 Å². The molecule has 0 fully saturated rings. The van der Waals surface area contributed by atoms with Crippen LogP contribution in [0.3, 0.4) is 0 Å². The summed E-state index contributed by atoms with van der Waals surface area (Å²) in [5.41, 5.74) is 0.806. The van der Waals surface area contributed by atoms with E-state index in [1.165, 1.54) is 6.07 Å². The molecule has 1 heterocycles. The molecule has 0 aliphatic rings. The predicted octanol–water partition coefficient (Wildman–Crippen LogP) is 5.05. The quantitative estimate of drug-likeness (QED) is 0.857. The molecule has 1 aromatic heterocycles. The fraction of sp³-hybridized carbons (Fsp3) is 0.333. The van der Waals surface area contributed by atoms with Crippen LogP contribution in [0.2, 0.25) is 5.02 Å². The molecule has 0 aliphatic heterocycles. The van der Waals surface area contributed by atoms with E-state index >= 15 is 0 Å². The summed E-state index contributed by atoms with van der Waals surface area (Å²) in [4.78, 5) is 0. The number of halogens is 3. The Balaban J connectivity index is 0.00000200. The van der Waals surface area contributed by atoms with Crippen LogP contribution in [0.4, 0.5) is 4.39 Å². The average Bonchev–Trinajstić information content (AvgIpc) is 2.78. The molecule has 0 atom stereocenters. The molecule has 0 radical (unpaired) electrons. The molecule has 1 N–H and O–H groups in total. The lowest BCUT2D eigenvalue weighted by Crippen LogP contribution is -2.34. The molecule has 0 saturated heterocycles. The van der Waals surface area contributed by atoms with Gasteiger partial charge in [0.2, 0.25) is 0 Å². The van der Waals surface area contributed by atoms with E-state index in [2.05, 4.69) is 26.1 Å². The van der Waals surface area contributed by atoms with Gasteiger partial charge in [-0.25, -0.2) is 4.39 Å². The zero-order chi connectivity index (χ0) is 14.0. The molecule has 0 bridgehead atoms. The average molecular weight is 318 g/mol. The molecule has 0 spiro atoms. The van der Waals surface area contributed by atoms with Gasteiger partial charge >= 0.3 is 0 Å². The van der Waals surface area contributed by atoms with Crippen LogP contribution < -0.4 is 5.32 Å². The maximum atomic E-state index is 13.1. The molecular formula is C15H18Cl2FNO. The van der Waals surface area contributed by atoms with Crippen molar-refractivity contribution in [1.82, 2.24) is 5.32 Å². The molecule has 20 heavy (non-hydrogen) atoms. The van der Waals surface area contributed by atoms with E-state index in [9.17, 15) is 4.39 Å². The van der Waals surface area contributed by atoms with Crippen molar-refractivity contribution in [3.63, 3.8) is 0 Å². The third kappa shape index (κ3) is 4.51. The highest BCUT2D eigenvalue weighted by Gasteiger charge is 2.11. The first-order valence-corrected chi connectivity index (χ1v) is 6.52. The van der Waals surface area contributed by atoms with Crippen molar-refractivity contribution in [2.45, 2.75) is 32.9 Å². The molecular weight excluding hydrogens is 300 g/mol. The predicted molar refractivity (Wildman–Crippen MR) is 83.0 cm³/mol. The minimum absolute atomic E-state index is 0. The Morgan fingerprint density at radius 3 is 2.50 bits per heavy atom. The summed E-state index contributed by atoms with van der Waals surface area (Å²) in [6, 6.07) is 8.33. The standard InChI is InChI=1S/C15H17ClFNO.ClH/c1-15(2,3)18-9-11-5-7-14(19-11)10-4-6-13(17)12(16)8-10;/h4-8,18H,9H2,1-3H3;1H. The van der Waals surface area contributed by atoms with E-state index in [-0.39, 0.29) is 23.0 Å². The van der Waals surface area contributed by atoms with Gasteiger partial charge in [0.05, 0.1) is 11.6 Å². The zero-order valence-electron chi connectivity index (χ0n) is 11.7. The maximum absolute atomic E-state index is 13.1. The smallest absolute Gasteiger partial charge is 0.141 e. The summed E-state index contributed by atoms with van der Waals surface area (Å²) < 4.78 is 18.8. The van der Waals surface area contributed by atoms with Gasteiger partial charge in [-0.1, -0.05) is 11.6 Å². The topological polar surface area (TPSA) is 25.2 Å². The van der Waals surface area contributed by atoms with Crippen molar-refractivity contribution in [3.8, 4) is 11.3 Å². The van der Waals surface area contributed by atoms with Crippen molar-refractivity contribution in [1.29, 1.82) is 0 Å². The number of hydrogen-bond donors (Lipinski definition) is 1. The molecule has 2 rings (SSSR count). The number of hydrogen-bond acceptors (Lipinski definition) is 2. The van der Waals surface area contributed by atoms with E-state index in [4.69, 9.17) is 16.0 Å². The Bertz CT molecular complexity index is 575. The summed E-state index contributed by atoms with van der Waals surface area (Å²) in [6.45, 7) is 6.93. The van der Waals surface area contributed by atoms with Gasteiger partial charge in [0, 0.05) is 11.1 Å². The van der Waals surface area contributed by atoms with Crippen molar-refractivity contribution >= 4 is 24.0 Å². The van der Waals surface area contributed by atoms with Crippen LogP contribution >= 0.6 is 24.0 Å². The Kier molecular flexibility index (Phi) is 5.63. The first-order chi connectivity index (χ1) is 8.85. The Morgan fingerprint density at radius 2 is 1.90 bits per heavy atom. The third-order valence-corrected chi connectivity index (χ3v) is 2.95. The fourth-order valence-electron chi connectivity index (χ4n) is 1.63. The second-order valence-corrected chi connectivity index (χ2v) is 5.91. The van der Waals surface area contributed by atoms with E-state index in [1.807, 2.05) is 12.1 Å². The summed E-state index contributed by atoms with van der Waals surface area (Å²) in [5, 5.41) is 3.44. The third-order valence-electron chi connectivity index (χ3n) is 2.66. The van der Waals surface area contributed by atoms with Crippen LogP contribution in [0.5, 0.6) is 0 Å². The molecule has 2 nitrogen and oxygen atoms in total. The van der Waals surface area contributed by atoms with Gasteiger partial charge in [-0.15, -0.1) is 12.4 Å². The van der Waals surface area contributed by atoms with Crippen molar-refractivity contribution in [2.75, 3.05) is 0 Å². The molecule has 0 saturated carbocycles. The number of benzene rings is 1. The molecule has 5 heteroatoms. The first-order valence-electron chi connectivity index (χ1n) is 6.14.